The molecule has 0 amide bonds. The number of nitrogens with zero attached hydrogens (tertiary/aromatic N) is 2. The highest BCUT2D eigenvalue weighted by molar-refractivity contribution is 7.98. The molecule has 4 rings (SSSR count). The van der Waals surface area contributed by atoms with E-state index in [2.05, 4.69) is 46.4 Å². The lowest BCUT2D eigenvalue weighted by Gasteiger charge is -2.36. The van der Waals surface area contributed by atoms with Crippen LogP contribution >= 0.6 is 11.8 Å². The van der Waals surface area contributed by atoms with Crippen LogP contribution < -0.4 is 0 Å². The Labute approximate surface area is 133 Å². The van der Waals surface area contributed by atoms with E-state index >= 15 is 0 Å². The number of fused-ring (bicyclic) bond motifs is 4. The molecule has 1 aromatic rings. The second-order valence-corrected chi connectivity index (χ2v) is 7.60. The van der Waals surface area contributed by atoms with Crippen LogP contribution in [0.3, 0.4) is 0 Å². The number of hydrogen-bond acceptors (Lipinski definition) is 3. The molecule has 3 heterocycles. The summed E-state index contributed by atoms with van der Waals surface area (Å²) in [5.74, 6) is 2.20. The average Bonchev–Trinajstić information content (AvgIpc) is 2.79. The second kappa shape index (κ2) is 7.66. The highest BCUT2D eigenvalue weighted by Gasteiger charge is 2.34. The Morgan fingerprint density at radius 1 is 1.10 bits per heavy atom. The third-order valence-electron chi connectivity index (χ3n) is 4.95. The molecule has 0 radical (unpaired) electrons. The summed E-state index contributed by atoms with van der Waals surface area (Å²) in [5, 5.41) is 0. The quantitative estimate of drug-likeness (QED) is 0.744. The normalized spacial score (nSPS) is 26.9. The van der Waals surface area contributed by atoms with Gasteiger partial charge in [-0.2, -0.15) is 11.8 Å². The Bertz CT molecular complexity index is 422. The smallest absolute Gasteiger partial charge is 0.0237 e. The maximum absolute atomic E-state index is 2.75. The molecule has 2 nitrogen and oxygen atoms in total. The van der Waals surface area contributed by atoms with Crippen LogP contribution in [0.2, 0.25) is 0 Å². The van der Waals surface area contributed by atoms with Gasteiger partial charge in [0.15, 0.2) is 0 Å². The summed E-state index contributed by atoms with van der Waals surface area (Å²) in [7, 11) is 0. The van der Waals surface area contributed by atoms with E-state index in [1.54, 1.807) is 0 Å². The van der Waals surface area contributed by atoms with Crippen molar-refractivity contribution in [3.05, 3.63) is 35.9 Å². The molecule has 3 aliphatic heterocycles. The van der Waals surface area contributed by atoms with Gasteiger partial charge in [-0.1, -0.05) is 30.3 Å². The van der Waals surface area contributed by atoms with Crippen molar-refractivity contribution in [1.29, 1.82) is 0 Å². The van der Waals surface area contributed by atoms with Crippen molar-refractivity contribution in [1.82, 2.24) is 9.80 Å². The number of piperidine rings is 1. The Morgan fingerprint density at radius 3 is 2.76 bits per heavy atom. The zero-order valence-electron chi connectivity index (χ0n) is 13.2. The van der Waals surface area contributed by atoms with Crippen LogP contribution in [0.25, 0.3) is 0 Å². The Kier molecular flexibility index (Phi) is 5.61. The summed E-state index contributed by atoms with van der Waals surface area (Å²) < 4.78 is 0. The number of hydrogen-bond donors (Lipinski definition) is 0. The van der Waals surface area contributed by atoms with Gasteiger partial charge in [-0.05, 0) is 49.3 Å². The summed E-state index contributed by atoms with van der Waals surface area (Å²) in [4.78, 5) is 5.49. The van der Waals surface area contributed by atoms with E-state index in [9.17, 15) is 0 Å². The van der Waals surface area contributed by atoms with Gasteiger partial charge in [0, 0.05) is 32.2 Å². The van der Waals surface area contributed by atoms with Crippen LogP contribution in [0.5, 0.6) is 0 Å². The summed E-state index contributed by atoms with van der Waals surface area (Å²) >= 11 is 1.98. The fourth-order valence-electron chi connectivity index (χ4n) is 3.90. The molecule has 0 spiro atoms. The zero-order valence-corrected chi connectivity index (χ0v) is 14.0. The van der Waals surface area contributed by atoms with Gasteiger partial charge >= 0.3 is 0 Å². The number of thioether (sulfide) groups is 1. The molecular formula is C18H28N2S. The minimum atomic E-state index is 0.776. The van der Waals surface area contributed by atoms with Gasteiger partial charge in [-0.15, -0.1) is 0 Å². The second-order valence-electron chi connectivity index (χ2n) is 6.62. The fraction of sp³-hybridized carbons (Fsp3) is 0.667. The first-order chi connectivity index (χ1) is 10.3. The van der Waals surface area contributed by atoms with Gasteiger partial charge in [-0.25, -0.2) is 0 Å². The van der Waals surface area contributed by atoms with Gasteiger partial charge in [0.25, 0.3) is 0 Å². The van der Waals surface area contributed by atoms with E-state index in [1.807, 2.05) is 11.8 Å². The van der Waals surface area contributed by atoms with Crippen LogP contribution in [0.15, 0.2) is 30.3 Å². The molecule has 3 saturated heterocycles. The van der Waals surface area contributed by atoms with Gasteiger partial charge in [-0.3, -0.25) is 4.90 Å². The molecule has 116 valence electrons. The number of benzene rings is 1. The van der Waals surface area contributed by atoms with Crippen molar-refractivity contribution in [2.24, 2.45) is 5.92 Å². The van der Waals surface area contributed by atoms with E-state index in [4.69, 9.17) is 0 Å². The van der Waals surface area contributed by atoms with Crippen molar-refractivity contribution in [3.63, 3.8) is 0 Å². The lowest BCUT2D eigenvalue weighted by atomic mass is 9.94. The molecule has 2 bridgehead atoms. The summed E-state index contributed by atoms with van der Waals surface area (Å²) in [6.45, 7) is 6.36. The summed E-state index contributed by atoms with van der Waals surface area (Å²) in [6.07, 6.45) is 6.40. The predicted octanol–water partition coefficient (Wildman–Crippen LogP) is 3.34. The van der Waals surface area contributed by atoms with E-state index in [1.165, 1.54) is 56.8 Å². The molecule has 3 aliphatic rings. The SMILES string of the molecule is CSCCCN1C[C@H]2CC[C@@H](C1)N(Cc1ccccc1)C2. The predicted molar refractivity (Wildman–Crippen MR) is 92.8 cm³/mol. The van der Waals surface area contributed by atoms with Crippen molar-refractivity contribution < 1.29 is 0 Å². The fourth-order valence-corrected chi connectivity index (χ4v) is 4.32. The Balaban J connectivity index is 1.58. The molecule has 0 saturated carbocycles. The van der Waals surface area contributed by atoms with Crippen molar-refractivity contribution in [2.45, 2.75) is 31.8 Å². The Morgan fingerprint density at radius 2 is 1.95 bits per heavy atom. The van der Waals surface area contributed by atoms with Crippen LogP contribution in [0.4, 0.5) is 0 Å². The topological polar surface area (TPSA) is 6.48 Å². The third-order valence-corrected chi connectivity index (χ3v) is 5.65. The zero-order chi connectivity index (χ0) is 14.5. The summed E-state index contributed by atoms with van der Waals surface area (Å²) in [6, 6.07) is 11.8. The molecule has 0 unspecified atom stereocenters. The third kappa shape index (κ3) is 4.24. The van der Waals surface area contributed by atoms with Crippen LogP contribution in [-0.4, -0.2) is 54.0 Å². The molecule has 0 aromatic heterocycles. The largest absolute Gasteiger partial charge is 0.301 e. The van der Waals surface area contributed by atoms with Crippen molar-refractivity contribution in [2.75, 3.05) is 38.2 Å². The van der Waals surface area contributed by atoms with Crippen molar-refractivity contribution >= 4 is 11.8 Å². The van der Waals surface area contributed by atoms with Gasteiger partial charge in [0.05, 0.1) is 0 Å². The van der Waals surface area contributed by atoms with Gasteiger partial charge in [0.1, 0.15) is 0 Å². The highest BCUT2D eigenvalue weighted by Crippen LogP contribution is 2.29. The molecule has 0 aliphatic carbocycles. The average molecular weight is 305 g/mol. The lowest BCUT2D eigenvalue weighted by Crippen LogP contribution is -2.43. The van der Waals surface area contributed by atoms with E-state index in [-0.39, 0.29) is 0 Å². The first-order valence-corrected chi connectivity index (χ1v) is 9.74. The number of rotatable bonds is 6. The molecule has 21 heavy (non-hydrogen) atoms. The maximum Gasteiger partial charge on any atom is 0.0237 e. The van der Waals surface area contributed by atoms with Crippen LogP contribution in [-0.2, 0) is 6.54 Å². The summed E-state index contributed by atoms with van der Waals surface area (Å²) in [5.41, 5.74) is 1.47. The molecule has 1 aromatic carbocycles. The Hall–Kier alpha value is -0.510. The monoisotopic (exact) mass is 304 g/mol. The first kappa shape index (κ1) is 15.4. The standard InChI is InChI=1S/C18H28N2S/c1-21-11-5-10-19-12-17-8-9-18(15-19)20(14-17)13-16-6-3-2-4-7-16/h2-4,6-7,17-18H,5,8-15H2,1H3/t17-,18+/m1/s1. The first-order valence-electron chi connectivity index (χ1n) is 8.34. The van der Waals surface area contributed by atoms with Gasteiger partial charge in [0.2, 0.25) is 0 Å². The minimum Gasteiger partial charge on any atom is -0.301 e. The molecular weight excluding hydrogens is 276 g/mol. The maximum atomic E-state index is 2.75. The molecule has 3 heteroatoms. The molecule has 0 N–H and O–H groups in total. The van der Waals surface area contributed by atoms with E-state index in [0.29, 0.717) is 0 Å². The lowest BCUT2D eigenvalue weighted by molar-refractivity contribution is 0.123. The van der Waals surface area contributed by atoms with Crippen molar-refractivity contribution in [3.8, 4) is 0 Å². The van der Waals surface area contributed by atoms with E-state index in [0.717, 1.165) is 18.5 Å². The highest BCUT2D eigenvalue weighted by atomic mass is 32.2. The van der Waals surface area contributed by atoms with E-state index < -0.39 is 0 Å². The minimum absolute atomic E-state index is 0.776. The van der Waals surface area contributed by atoms with Gasteiger partial charge < -0.3 is 4.90 Å². The van der Waals surface area contributed by atoms with Crippen LogP contribution in [0.1, 0.15) is 24.8 Å². The molecule has 2 atom stereocenters. The van der Waals surface area contributed by atoms with Crippen LogP contribution in [0, 0.1) is 5.92 Å². The molecule has 3 fully saturated rings.